The molecule has 21 heavy (non-hydrogen) atoms. The smallest absolute Gasteiger partial charge is 0.307 e. The van der Waals surface area contributed by atoms with Gasteiger partial charge in [-0.2, -0.15) is 0 Å². The van der Waals surface area contributed by atoms with Gasteiger partial charge in [-0.05, 0) is 17.5 Å². The summed E-state index contributed by atoms with van der Waals surface area (Å²) in [5.41, 5.74) is 2.51. The zero-order chi connectivity index (χ0) is 15.1. The van der Waals surface area contributed by atoms with E-state index in [0.717, 1.165) is 11.1 Å². The van der Waals surface area contributed by atoms with Crippen molar-refractivity contribution in [3.05, 3.63) is 47.2 Å². The minimum atomic E-state index is -0.483. The lowest BCUT2D eigenvalue weighted by atomic mass is 9.97. The van der Waals surface area contributed by atoms with Crippen molar-refractivity contribution in [1.29, 1.82) is 0 Å². The number of hydrogen-bond acceptors (Lipinski definition) is 4. The summed E-state index contributed by atoms with van der Waals surface area (Å²) < 4.78 is 4.87. The summed E-state index contributed by atoms with van der Waals surface area (Å²) in [5.74, 6) is -1.28. The Morgan fingerprint density at radius 2 is 2.00 bits per heavy atom. The normalized spacial score (nSPS) is 25.0. The average Bonchev–Trinajstić information content (AvgIpc) is 2.90. The van der Waals surface area contributed by atoms with Crippen molar-refractivity contribution < 1.29 is 19.1 Å². The third kappa shape index (κ3) is 2.05. The molecule has 0 N–H and O–H groups in total. The molecule has 0 aromatic heterocycles. The number of benzene rings is 1. The average molecular weight is 285 g/mol. The highest BCUT2D eigenvalue weighted by Gasteiger charge is 2.50. The van der Waals surface area contributed by atoms with E-state index in [1.807, 2.05) is 24.3 Å². The third-order valence-electron chi connectivity index (χ3n) is 4.03. The van der Waals surface area contributed by atoms with Gasteiger partial charge in [0, 0.05) is 19.8 Å². The van der Waals surface area contributed by atoms with E-state index in [1.165, 1.54) is 25.0 Å². The molecule has 2 amide bonds. The number of carbonyl (C=O) groups is 3. The van der Waals surface area contributed by atoms with Crippen LogP contribution in [0.25, 0.3) is 0 Å². The Morgan fingerprint density at radius 3 is 2.67 bits per heavy atom. The molecule has 2 atom stereocenters. The van der Waals surface area contributed by atoms with Crippen molar-refractivity contribution in [3.8, 4) is 0 Å². The third-order valence-corrected chi connectivity index (χ3v) is 4.03. The van der Waals surface area contributed by atoms with Gasteiger partial charge in [0.05, 0.1) is 11.6 Å². The molecule has 0 bridgehead atoms. The lowest BCUT2D eigenvalue weighted by Crippen LogP contribution is -2.32. The molecule has 1 aromatic carbocycles. The Balaban J connectivity index is 2.06. The molecule has 1 fully saturated rings. The van der Waals surface area contributed by atoms with Gasteiger partial charge in [-0.3, -0.25) is 19.3 Å². The molecule has 1 heterocycles. The largest absolute Gasteiger partial charge is 0.434 e. The number of esters is 1. The van der Waals surface area contributed by atoms with Crippen LogP contribution in [0.5, 0.6) is 0 Å². The van der Waals surface area contributed by atoms with E-state index in [0.29, 0.717) is 12.0 Å². The number of likely N-dealkylation sites (tertiary alicyclic amines) is 1. The van der Waals surface area contributed by atoms with E-state index in [-0.39, 0.29) is 23.8 Å². The fraction of sp³-hybridized carbons (Fsp3) is 0.312. The molecule has 2 aliphatic rings. The molecule has 5 nitrogen and oxygen atoms in total. The maximum atomic E-state index is 12.4. The van der Waals surface area contributed by atoms with Gasteiger partial charge in [-0.25, -0.2) is 0 Å². The summed E-state index contributed by atoms with van der Waals surface area (Å²) in [7, 11) is 0. The molecular formula is C16H15NO4. The lowest BCUT2D eigenvalue weighted by molar-refractivity contribution is -0.141. The highest BCUT2D eigenvalue weighted by Crippen LogP contribution is 2.49. The van der Waals surface area contributed by atoms with Crippen LogP contribution in [0.4, 0.5) is 0 Å². The predicted octanol–water partition coefficient (Wildman–Crippen LogP) is 1.74. The number of rotatable bonds is 1. The number of ether oxygens (including phenoxy) is 1. The van der Waals surface area contributed by atoms with Crippen LogP contribution < -0.4 is 0 Å². The number of hydrogen-bond donors (Lipinski definition) is 0. The van der Waals surface area contributed by atoms with E-state index in [4.69, 9.17) is 4.74 Å². The van der Waals surface area contributed by atoms with E-state index in [1.54, 1.807) is 0 Å². The number of imide groups is 1. The first-order valence-electron chi connectivity index (χ1n) is 6.80. The minimum Gasteiger partial charge on any atom is -0.434 e. The second-order valence-electron chi connectivity index (χ2n) is 5.33. The second kappa shape index (κ2) is 4.84. The van der Waals surface area contributed by atoms with E-state index in [9.17, 15) is 14.4 Å². The summed E-state index contributed by atoms with van der Waals surface area (Å²) in [6, 6.07) is 7.50. The first kappa shape index (κ1) is 13.5. The number of nitrogens with zero attached hydrogens (tertiary/aromatic N) is 1. The standard InChI is InChI=1S/C16H15NO4/c1-9(18)17-15-12-6-4-3-5-11(12)7-13(15)14(16(17)20)8-21-10(2)19/h3-6,8,13,15H,7H2,1-2H3. The van der Waals surface area contributed by atoms with Crippen molar-refractivity contribution in [2.75, 3.05) is 0 Å². The van der Waals surface area contributed by atoms with Crippen LogP contribution >= 0.6 is 0 Å². The van der Waals surface area contributed by atoms with Crippen molar-refractivity contribution >= 4 is 17.8 Å². The van der Waals surface area contributed by atoms with Crippen LogP contribution in [0.2, 0.25) is 0 Å². The predicted molar refractivity (Wildman–Crippen MR) is 73.8 cm³/mol. The Morgan fingerprint density at radius 1 is 1.29 bits per heavy atom. The van der Waals surface area contributed by atoms with Crippen molar-refractivity contribution in [3.63, 3.8) is 0 Å². The summed E-state index contributed by atoms with van der Waals surface area (Å²) >= 11 is 0. The first-order valence-corrected chi connectivity index (χ1v) is 6.80. The maximum Gasteiger partial charge on any atom is 0.307 e. The van der Waals surface area contributed by atoms with Gasteiger partial charge in [-0.1, -0.05) is 24.3 Å². The van der Waals surface area contributed by atoms with E-state index >= 15 is 0 Å². The molecule has 5 heteroatoms. The Bertz CT molecular complexity index is 677. The van der Waals surface area contributed by atoms with Gasteiger partial charge in [-0.15, -0.1) is 0 Å². The molecule has 1 saturated heterocycles. The van der Waals surface area contributed by atoms with Crippen LogP contribution in [-0.2, 0) is 25.5 Å². The topological polar surface area (TPSA) is 63.7 Å². The van der Waals surface area contributed by atoms with Gasteiger partial charge in [0.25, 0.3) is 5.91 Å². The summed E-state index contributed by atoms with van der Waals surface area (Å²) in [6.07, 6.45) is 1.88. The Labute approximate surface area is 122 Å². The van der Waals surface area contributed by atoms with Crippen LogP contribution in [0.3, 0.4) is 0 Å². The van der Waals surface area contributed by atoms with E-state index in [2.05, 4.69) is 0 Å². The maximum absolute atomic E-state index is 12.4. The monoisotopic (exact) mass is 285 g/mol. The van der Waals surface area contributed by atoms with Crippen LogP contribution in [-0.4, -0.2) is 22.7 Å². The molecule has 1 aliphatic carbocycles. The Hall–Kier alpha value is -2.43. The van der Waals surface area contributed by atoms with Gasteiger partial charge in [0.2, 0.25) is 5.91 Å². The molecule has 108 valence electrons. The first-order chi connectivity index (χ1) is 10.0. The van der Waals surface area contributed by atoms with Gasteiger partial charge in [0.1, 0.15) is 6.26 Å². The van der Waals surface area contributed by atoms with Crippen LogP contribution in [0.1, 0.15) is 31.0 Å². The number of carbonyl (C=O) groups excluding carboxylic acids is 3. The second-order valence-corrected chi connectivity index (χ2v) is 5.33. The van der Waals surface area contributed by atoms with Crippen LogP contribution in [0, 0.1) is 5.92 Å². The van der Waals surface area contributed by atoms with Crippen molar-refractivity contribution in [1.82, 2.24) is 4.90 Å². The van der Waals surface area contributed by atoms with Gasteiger partial charge < -0.3 is 4.74 Å². The molecule has 1 aromatic rings. The highest BCUT2D eigenvalue weighted by atomic mass is 16.5. The molecular weight excluding hydrogens is 270 g/mol. The number of fused-ring (bicyclic) bond motifs is 3. The van der Waals surface area contributed by atoms with Crippen molar-refractivity contribution in [2.24, 2.45) is 5.92 Å². The molecule has 0 radical (unpaired) electrons. The summed E-state index contributed by atoms with van der Waals surface area (Å²) in [4.78, 5) is 36.5. The fourth-order valence-electron chi connectivity index (χ4n) is 3.22. The SMILES string of the molecule is CC(=O)OC=C1C(=O)N(C(C)=O)C2c3ccccc3CC12. The quantitative estimate of drug-likeness (QED) is 0.448. The summed E-state index contributed by atoms with van der Waals surface area (Å²) in [6.45, 7) is 2.66. The van der Waals surface area contributed by atoms with Gasteiger partial charge >= 0.3 is 5.97 Å². The zero-order valence-electron chi connectivity index (χ0n) is 11.8. The van der Waals surface area contributed by atoms with Crippen molar-refractivity contribution in [2.45, 2.75) is 26.3 Å². The molecule has 0 saturated carbocycles. The Kier molecular flexibility index (Phi) is 3.12. The molecule has 2 unspecified atom stereocenters. The highest BCUT2D eigenvalue weighted by molar-refractivity contribution is 6.07. The summed E-state index contributed by atoms with van der Waals surface area (Å²) in [5, 5.41) is 0. The minimum absolute atomic E-state index is 0.141. The molecule has 0 spiro atoms. The van der Waals surface area contributed by atoms with E-state index < -0.39 is 5.97 Å². The zero-order valence-corrected chi connectivity index (χ0v) is 11.8. The lowest BCUT2D eigenvalue weighted by Gasteiger charge is -2.20. The van der Waals surface area contributed by atoms with Crippen LogP contribution in [0.15, 0.2) is 36.1 Å². The number of amides is 2. The fourth-order valence-corrected chi connectivity index (χ4v) is 3.22. The molecule has 1 aliphatic heterocycles. The molecule has 3 rings (SSSR count). The van der Waals surface area contributed by atoms with Gasteiger partial charge in [0.15, 0.2) is 0 Å².